The Kier molecular flexibility index (Phi) is 3.91. The number of nitro groups is 1. The van der Waals surface area contributed by atoms with Crippen LogP contribution in [-0.2, 0) is 6.61 Å². The monoisotopic (exact) mass is 268 g/mol. The van der Waals surface area contributed by atoms with Crippen LogP contribution in [0.4, 0.5) is 18.9 Å². The number of alkyl halides is 3. The molecule has 100 valence electrons. The first-order chi connectivity index (χ1) is 8.30. The largest absolute Gasteiger partial charge is 0.573 e. The number of aromatic nitrogens is 1. The topological polar surface area (TPSA) is 94.7 Å². The van der Waals surface area contributed by atoms with Crippen molar-refractivity contribution in [1.82, 2.24) is 4.98 Å². The van der Waals surface area contributed by atoms with Gasteiger partial charge in [0.2, 0.25) is 0 Å². The van der Waals surface area contributed by atoms with Crippen molar-refractivity contribution in [2.45, 2.75) is 13.0 Å². The Hall–Kier alpha value is -2.10. The number of halogens is 3. The molecule has 0 aromatic carbocycles. The van der Waals surface area contributed by atoms with Gasteiger partial charge in [0, 0.05) is 0 Å². The van der Waals surface area contributed by atoms with Gasteiger partial charge in [-0.2, -0.15) is 0 Å². The summed E-state index contributed by atoms with van der Waals surface area (Å²) in [5.41, 5.74) is -1.54. The average molecular weight is 268 g/mol. The molecule has 0 fully saturated rings. The van der Waals surface area contributed by atoms with Crippen LogP contribution in [0.5, 0.6) is 11.6 Å². The molecule has 0 spiro atoms. The van der Waals surface area contributed by atoms with Crippen molar-refractivity contribution in [2.75, 3.05) is 7.11 Å². The maximum atomic E-state index is 12.0. The highest BCUT2D eigenvalue weighted by Gasteiger charge is 2.35. The van der Waals surface area contributed by atoms with Gasteiger partial charge in [0.05, 0.1) is 24.8 Å². The van der Waals surface area contributed by atoms with Gasteiger partial charge in [-0.05, 0) is 0 Å². The first-order valence-electron chi connectivity index (χ1n) is 4.37. The van der Waals surface area contributed by atoms with Crippen molar-refractivity contribution < 1.29 is 32.7 Å². The fourth-order valence-corrected chi connectivity index (χ4v) is 1.21. The van der Waals surface area contributed by atoms with E-state index in [0.717, 1.165) is 7.11 Å². The van der Waals surface area contributed by atoms with Crippen LogP contribution in [0.15, 0.2) is 6.20 Å². The summed E-state index contributed by atoms with van der Waals surface area (Å²) >= 11 is 0. The number of aliphatic hydroxyl groups excluding tert-OH is 1. The van der Waals surface area contributed by atoms with Crippen molar-refractivity contribution in [3.63, 3.8) is 0 Å². The van der Waals surface area contributed by atoms with Gasteiger partial charge in [0.1, 0.15) is 5.56 Å². The van der Waals surface area contributed by atoms with E-state index in [2.05, 4.69) is 14.5 Å². The summed E-state index contributed by atoms with van der Waals surface area (Å²) in [6.45, 7) is -1.03. The van der Waals surface area contributed by atoms with E-state index in [1.807, 2.05) is 0 Å². The molecule has 0 bridgehead atoms. The number of hydrogen-bond donors (Lipinski definition) is 1. The van der Waals surface area contributed by atoms with Crippen LogP contribution in [0.2, 0.25) is 0 Å². The summed E-state index contributed by atoms with van der Waals surface area (Å²) in [5, 5.41) is 19.6. The summed E-state index contributed by atoms with van der Waals surface area (Å²) in [7, 11) is 1.06. The van der Waals surface area contributed by atoms with Gasteiger partial charge in [-0.1, -0.05) is 0 Å². The zero-order valence-corrected chi connectivity index (χ0v) is 8.89. The lowest BCUT2D eigenvalue weighted by atomic mass is 10.2. The van der Waals surface area contributed by atoms with Gasteiger partial charge in [-0.3, -0.25) is 10.1 Å². The third-order valence-corrected chi connectivity index (χ3v) is 1.84. The summed E-state index contributed by atoms with van der Waals surface area (Å²) in [6, 6.07) is 0. The predicted molar refractivity (Wildman–Crippen MR) is 50.0 cm³/mol. The van der Waals surface area contributed by atoms with E-state index < -0.39 is 40.8 Å². The van der Waals surface area contributed by atoms with Crippen LogP contribution in [0.25, 0.3) is 0 Å². The smallest absolute Gasteiger partial charge is 0.476 e. The second kappa shape index (κ2) is 5.04. The molecule has 7 nitrogen and oxygen atoms in total. The minimum absolute atomic E-state index is 0.515. The van der Waals surface area contributed by atoms with E-state index in [0.29, 0.717) is 6.20 Å². The van der Waals surface area contributed by atoms with Crippen molar-refractivity contribution in [3.05, 3.63) is 21.9 Å². The summed E-state index contributed by atoms with van der Waals surface area (Å²) in [5.74, 6) is -1.46. The molecule has 18 heavy (non-hydrogen) atoms. The molecule has 1 heterocycles. The highest BCUT2D eigenvalue weighted by molar-refractivity contribution is 5.54. The fourth-order valence-electron chi connectivity index (χ4n) is 1.21. The Morgan fingerprint density at radius 1 is 1.56 bits per heavy atom. The summed E-state index contributed by atoms with van der Waals surface area (Å²) in [4.78, 5) is 13.0. The lowest BCUT2D eigenvalue weighted by molar-refractivity contribution is -0.387. The molecule has 0 radical (unpaired) electrons. The van der Waals surface area contributed by atoms with Gasteiger partial charge in [-0.15, -0.1) is 13.2 Å². The van der Waals surface area contributed by atoms with E-state index in [-0.39, 0.29) is 0 Å². The summed E-state index contributed by atoms with van der Waals surface area (Å²) in [6.07, 6.45) is -4.46. The highest BCUT2D eigenvalue weighted by Crippen LogP contribution is 2.36. The first kappa shape index (κ1) is 14.0. The molecule has 1 N–H and O–H groups in total. The Morgan fingerprint density at radius 3 is 2.56 bits per heavy atom. The summed E-state index contributed by atoms with van der Waals surface area (Å²) < 4.78 is 44.2. The van der Waals surface area contributed by atoms with Crippen molar-refractivity contribution >= 4 is 5.69 Å². The van der Waals surface area contributed by atoms with E-state index in [1.165, 1.54) is 0 Å². The maximum Gasteiger partial charge on any atom is 0.573 e. The molecular formula is C8H7F3N2O5. The minimum Gasteiger partial charge on any atom is -0.476 e. The molecule has 1 rings (SSSR count). The number of aliphatic hydroxyl groups is 1. The Balaban J connectivity index is 3.38. The molecule has 0 unspecified atom stereocenters. The third kappa shape index (κ3) is 2.97. The number of hydrogen-bond acceptors (Lipinski definition) is 6. The van der Waals surface area contributed by atoms with Gasteiger partial charge in [0.15, 0.2) is 5.75 Å². The highest BCUT2D eigenvalue weighted by atomic mass is 19.4. The second-order valence-corrected chi connectivity index (χ2v) is 2.92. The molecule has 0 saturated carbocycles. The molecule has 1 aromatic heterocycles. The van der Waals surface area contributed by atoms with E-state index in [9.17, 15) is 23.3 Å². The molecule has 0 aliphatic heterocycles. The number of nitrogens with zero attached hydrogens (tertiary/aromatic N) is 2. The third-order valence-electron chi connectivity index (χ3n) is 1.84. The number of rotatable bonds is 4. The van der Waals surface area contributed by atoms with Crippen molar-refractivity contribution in [3.8, 4) is 11.6 Å². The van der Waals surface area contributed by atoms with Crippen LogP contribution in [-0.4, -0.2) is 28.5 Å². The molecule has 0 aliphatic carbocycles. The lowest BCUT2D eigenvalue weighted by Gasteiger charge is -2.12. The van der Waals surface area contributed by atoms with Crippen LogP contribution in [0, 0.1) is 10.1 Å². The number of pyridine rings is 1. The molecular weight excluding hydrogens is 261 g/mol. The second-order valence-electron chi connectivity index (χ2n) is 2.92. The predicted octanol–water partition coefficient (Wildman–Crippen LogP) is 1.39. The Bertz CT molecular complexity index is 463. The molecule has 0 amide bonds. The molecule has 1 aromatic rings. The lowest BCUT2D eigenvalue weighted by Crippen LogP contribution is -2.19. The Labute approximate surface area is 97.9 Å². The SMILES string of the molecule is COc1ncc(OC(F)(F)F)c(CO)c1[N+](=O)[O-]. The Morgan fingerprint density at radius 2 is 2.17 bits per heavy atom. The van der Waals surface area contributed by atoms with Crippen molar-refractivity contribution in [2.24, 2.45) is 0 Å². The minimum atomic E-state index is -5.05. The maximum absolute atomic E-state index is 12.0. The number of methoxy groups -OCH3 is 1. The zero-order valence-electron chi connectivity index (χ0n) is 8.89. The van der Waals surface area contributed by atoms with Gasteiger partial charge >= 0.3 is 12.0 Å². The van der Waals surface area contributed by atoms with E-state index in [1.54, 1.807) is 0 Å². The van der Waals surface area contributed by atoms with Gasteiger partial charge in [-0.25, -0.2) is 4.98 Å². The standard InChI is InChI=1S/C8H7F3N2O5/c1-17-7-6(13(15)16)4(3-14)5(2-12-7)18-8(9,10)11/h2,14H,3H2,1H3. The molecule has 0 saturated heterocycles. The number of ether oxygens (including phenoxy) is 2. The fraction of sp³-hybridized carbons (Fsp3) is 0.375. The average Bonchev–Trinajstić information content (AvgIpc) is 2.26. The molecule has 0 atom stereocenters. The van der Waals surface area contributed by atoms with Crippen LogP contribution in [0.1, 0.15) is 5.56 Å². The quantitative estimate of drug-likeness (QED) is 0.655. The van der Waals surface area contributed by atoms with Crippen LogP contribution >= 0.6 is 0 Å². The zero-order chi connectivity index (χ0) is 13.9. The normalized spacial score (nSPS) is 11.2. The van der Waals surface area contributed by atoms with E-state index >= 15 is 0 Å². The van der Waals surface area contributed by atoms with Crippen LogP contribution in [0.3, 0.4) is 0 Å². The van der Waals surface area contributed by atoms with E-state index in [4.69, 9.17) is 5.11 Å². The molecule has 10 heteroatoms. The van der Waals surface area contributed by atoms with Crippen LogP contribution < -0.4 is 9.47 Å². The first-order valence-corrected chi connectivity index (χ1v) is 4.37. The molecule has 0 aliphatic rings. The van der Waals surface area contributed by atoms with Crippen molar-refractivity contribution in [1.29, 1.82) is 0 Å². The van der Waals surface area contributed by atoms with Gasteiger partial charge in [0.25, 0.3) is 5.88 Å². The van der Waals surface area contributed by atoms with Gasteiger partial charge < -0.3 is 14.6 Å².